The molecule has 0 saturated heterocycles. The summed E-state index contributed by atoms with van der Waals surface area (Å²) < 4.78 is 2.02. The van der Waals surface area contributed by atoms with E-state index in [-0.39, 0.29) is 0 Å². The molecule has 1 heterocycles. The Bertz CT molecular complexity index is 281. The molecule has 2 rings (SSSR count). The third kappa shape index (κ3) is 3.30. The molecule has 0 radical (unpaired) electrons. The molecule has 0 atom stereocenters. The predicted molar refractivity (Wildman–Crippen MR) is 59.3 cm³/mol. The quantitative estimate of drug-likeness (QED) is 0.771. The zero-order valence-corrected chi connectivity index (χ0v) is 9.61. The highest BCUT2D eigenvalue weighted by molar-refractivity contribution is 4.88. The average molecular weight is 208 g/mol. The van der Waals surface area contributed by atoms with E-state index in [4.69, 9.17) is 0 Å². The Morgan fingerprint density at radius 1 is 1.53 bits per heavy atom. The third-order valence-electron chi connectivity index (χ3n) is 2.74. The zero-order valence-electron chi connectivity index (χ0n) is 9.61. The molecule has 0 spiro atoms. The van der Waals surface area contributed by atoms with E-state index in [1.807, 2.05) is 4.68 Å². The number of hydrogen-bond donors (Lipinski definition) is 1. The molecule has 0 bridgehead atoms. The van der Waals surface area contributed by atoms with Gasteiger partial charge in [-0.05, 0) is 25.2 Å². The van der Waals surface area contributed by atoms with Crippen molar-refractivity contribution in [3.8, 4) is 0 Å². The van der Waals surface area contributed by atoms with Gasteiger partial charge >= 0.3 is 0 Å². The Balaban J connectivity index is 1.83. The zero-order chi connectivity index (χ0) is 10.7. The second-order valence-electron chi connectivity index (χ2n) is 4.74. The minimum absolute atomic E-state index is 0.721. The van der Waals surface area contributed by atoms with Gasteiger partial charge in [0, 0.05) is 12.6 Å². The molecule has 1 saturated carbocycles. The van der Waals surface area contributed by atoms with E-state index < -0.39 is 0 Å². The van der Waals surface area contributed by atoms with Gasteiger partial charge in [0.05, 0.1) is 6.54 Å². The van der Waals surface area contributed by atoms with Crippen LogP contribution >= 0.6 is 0 Å². The van der Waals surface area contributed by atoms with Gasteiger partial charge in [0.2, 0.25) is 0 Å². The minimum Gasteiger partial charge on any atom is -0.307 e. The minimum atomic E-state index is 0.721. The first-order valence-corrected chi connectivity index (χ1v) is 5.86. The van der Waals surface area contributed by atoms with Crippen molar-refractivity contribution >= 4 is 0 Å². The Morgan fingerprint density at radius 3 is 3.00 bits per heavy atom. The van der Waals surface area contributed by atoms with E-state index in [0.717, 1.165) is 30.9 Å². The Hall–Kier alpha value is -0.900. The summed E-state index contributed by atoms with van der Waals surface area (Å²) in [6, 6.07) is 0.736. The summed E-state index contributed by atoms with van der Waals surface area (Å²) in [4.78, 5) is 4.28. The van der Waals surface area contributed by atoms with Crippen LogP contribution in [-0.4, -0.2) is 20.8 Å². The fourth-order valence-corrected chi connectivity index (χ4v) is 1.52. The van der Waals surface area contributed by atoms with Crippen molar-refractivity contribution in [1.29, 1.82) is 0 Å². The van der Waals surface area contributed by atoms with E-state index >= 15 is 0 Å². The second kappa shape index (κ2) is 4.75. The molecule has 4 nitrogen and oxygen atoms in total. The van der Waals surface area contributed by atoms with Crippen LogP contribution in [0.4, 0.5) is 0 Å². The SMILES string of the molecule is CC(C)CCn1ncnc1CNC1CC1. The lowest BCUT2D eigenvalue weighted by molar-refractivity contribution is 0.465. The Labute approximate surface area is 91.1 Å². The van der Waals surface area contributed by atoms with Crippen LogP contribution in [0.25, 0.3) is 0 Å². The first-order valence-electron chi connectivity index (χ1n) is 5.86. The molecule has 0 aliphatic heterocycles. The van der Waals surface area contributed by atoms with Crippen LogP contribution in [0.3, 0.4) is 0 Å². The van der Waals surface area contributed by atoms with Crippen molar-refractivity contribution in [3.63, 3.8) is 0 Å². The summed E-state index contributed by atoms with van der Waals surface area (Å²) >= 11 is 0. The normalized spacial score (nSPS) is 16.2. The number of nitrogens with zero attached hydrogens (tertiary/aromatic N) is 3. The van der Waals surface area contributed by atoms with Crippen LogP contribution in [0, 0.1) is 5.92 Å². The summed E-state index contributed by atoms with van der Waals surface area (Å²) in [5, 5.41) is 7.72. The second-order valence-corrected chi connectivity index (χ2v) is 4.74. The van der Waals surface area contributed by atoms with E-state index in [0.29, 0.717) is 0 Å². The maximum atomic E-state index is 4.28. The van der Waals surface area contributed by atoms with Crippen molar-refractivity contribution in [2.24, 2.45) is 5.92 Å². The molecule has 4 heteroatoms. The molecule has 84 valence electrons. The molecule has 1 aromatic heterocycles. The van der Waals surface area contributed by atoms with Gasteiger partial charge in [0.15, 0.2) is 0 Å². The summed E-state index contributed by atoms with van der Waals surface area (Å²) in [6.45, 7) is 6.32. The van der Waals surface area contributed by atoms with E-state index in [9.17, 15) is 0 Å². The average Bonchev–Trinajstić information content (AvgIpc) is 2.92. The van der Waals surface area contributed by atoms with Crippen LogP contribution < -0.4 is 5.32 Å². The monoisotopic (exact) mass is 208 g/mol. The fourth-order valence-electron chi connectivity index (χ4n) is 1.52. The van der Waals surface area contributed by atoms with Crippen LogP contribution in [-0.2, 0) is 13.1 Å². The van der Waals surface area contributed by atoms with Gasteiger partial charge in [-0.15, -0.1) is 0 Å². The highest BCUT2D eigenvalue weighted by Gasteiger charge is 2.20. The number of hydrogen-bond acceptors (Lipinski definition) is 3. The molecule has 1 aliphatic carbocycles. The lowest BCUT2D eigenvalue weighted by Crippen LogP contribution is -2.19. The first kappa shape index (κ1) is 10.6. The topological polar surface area (TPSA) is 42.7 Å². The lowest BCUT2D eigenvalue weighted by atomic mass is 10.1. The molecule has 1 aromatic rings. The number of aryl methyl sites for hydroxylation is 1. The number of nitrogens with one attached hydrogen (secondary N) is 1. The summed E-state index contributed by atoms with van der Waals surface area (Å²) in [6.07, 6.45) is 5.46. The maximum absolute atomic E-state index is 4.28. The summed E-state index contributed by atoms with van der Waals surface area (Å²) in [7, 11) is 0. The smallest absolute Gasteiger partial charge is 0.140 e. The van der Waals surface area contributed by atoms with Gasteiger partial charge in [0.25, 0.3) is 0 Å². The van der Waals surface area contributed by atoms with Gasteiger partial charge in [-0.3, -0.25) is 0 Å². The lowest BCUT2D eigenvalue weighted by Gasteiger charge is -2.08. The summed E-state index contributed by atoms with van der Waals surface area (Å²) in [5.41, 5.74) is 0. The van der Waals surface area contributed by atoms with E-state index in [1.165, 1.54) is 19.3 Å². The van der Waals surface area contributed by atoms with Gasteiger partial charge in [-0.1, -0.05) is 13.8 Å². The van der Waals surface area contributed by atoms with Gasteiger partial charge in [-0.2, -0.15) is 5.10 Å². The Morgan fingerprint density at radius 2 is 2.33 bits per heavy atom. The predicted octanol–water partition coefficient (Wildman–Crippen LogP) is 1.58. The third-order valence-corrected chi connectivity index (χ3v) is 2.74. The first-order chi connectivity index (χ1) is 7.25. The van der Waals surface area contributed by atoms with E-state index in [1.54, 1.807) is 6.33 Å². The van der Waals surface area contributed by atoms with Gasteiger partial charge in [0.1, 0.15) is 12.2 Å². The van der Waals surface area contributed by atoms with Crippen LogP contribution in [0.1, 0.15) is 38.9 Å². The molecule has 1 aliphatic rings. The van der Waals surface area contributed by atoms with Crippen molar-refractivity contribution in [1.82, 2.24) is 20.1 Å². The van der Waals surface area contributed by atoms with Gasteiger partial charge in [-0.25, -0.2) is 9.67 Å². The van der Waals surface area contributed by atoms with Gasteiger partial charge < -0.3 is 5.32 Å². The molecule has 0 unspecified atom stereocenters. The van der Waals surface area contributed by atoms with Crippen molar-refractivity contribution < 1.29 is 0 Å². The molecular weight excluding hydrogens is 188 g/mol. The number of rotatable bonds is 6. The molecule has 0 aromatic carbocycles. The standard InChI is InChI=1S/C11H20N4/c1-9(2)5-6-15-11(13-8-14-15)7-12-10-3-4-10/h8-10,12H,3-7H2,1-2H3. The van der Waals surface area contributed by atoms with Crippen LogP contribution in [0.15, 0.2) is 6.33 Å². The highest BCUT2D eigenvalue weighted by Crippen LogP contribution is 2.18. The Kier molecular flexibility index (Phi) is 3.36. The molecular formula is C11H20N4. The molecule has 1 fully saturated rings. The summed E-state index contributed by atoms with van der Waals surface area (Å²) in [5.74, 6) is 1.79. The van der Waals surface area contributed by atoms with Crippen molar-refractivity contribution in [3.05, 3.63) is 12.2 Å². The van der Waals surface area contributed by atoms with E-state index in [2.05, 4.69) is 29.2 Å². The highest BCUT2D eigenvalue weighted by atomic mass is 15.3. The van der Waals surface area contributed by atoms with Crippen molar-refractivity contribution in [2.45, 2.75) is 52.2 Å². The van der Waals surface area contributed by atoms with Crippen LogP contribution in [0.2, 0.25) is 0 Å². The fraction of sp³-hybridized carbons (Fsp3) is 0.818. The number of aromatic nitrogens is 3. The maximum Gasteiger partial charge on any atom is 0.140 e. The molecule has 0 amide bonds. The molecule has 15 heavy (non-hydrogen) atoms. The van der Waals surface area contributed by atoms with Crippen LogP contribution in [0.5, 0.6) is 0 Å². The molecule has 1 N–H and O–H groups in total. The largest absolute Gasteiger partial charge is 0.307 e. The van der Waals surface area contributed by atoms with Crippen molar-refractivity contribution in [2.75, 3.05) is 0 Å².